The summed E-state index contributed by atoms with van der Waals surface area (Å²) in [6.07, 6.45) is 0. The first kappa shape index (κ1) is 36.7. The maximum absolute atomic E-state index is 6.19. The van der Waals surface area contributed by atoms with Gasteiger partial charge in [-0.15, -0.1) is 0 Å². The minimum Gasteiger partial charge on any atom is -0.456 e. The molecule has 0 saturated carbocycles. The fraction of sp³-hybridized carbons (Fsp3) is 0. The number of hydrogen-bond donors (Lipinski definition) is 0. The zero-order valence-corrected chi connectivity index (χ0v) is 35.9. The number of furan rings is 1. The second-order valence-electron chi connectivity index (χ2n) is 17.6. The molecule has 0 radical (unpaired) electrons. The second kappa shape index (κ2) is 14.4. The van der Waals surface area contributed by atoms with Gasteiger partial charge in [0.15, 0.2) is 0 Å². The monoisotopic (exact) mass is 837 g/mol. The Labute approximate surface area is 381 Å². The summed E-state index contributed by atoms with van der Waals surface area (Å²) in [5.41, 5.74) is 12.2. The van der Waals surface area contributed by atoms with E-state index in [1.807, 2.05) is 12.1 Å². The average Bonchev–Trinajstić information content (AvgIpc) is 3.76. The van der Waals surface area contributed by atoms with E-state index in [0.29, 0.717) is 0 Å². The quantitative estimate of drug-likeness (QED) is 0.155. The van der Waals surface area contributed by atoms with E-state index in [2.05, 4.69) is 229 Å². The third-order valence-corrected chi connectivity index (χ3v) is 14.0. The molecule has 2 heteroatoms. The smallest absolute Gasteiger partial charge is 0.135 e. The molecule has 1 aromatic heterocycles. The van der Waals surface area contributed by atoms with E-state index in [1.165, 1.54) is 86.9 Å². The van der Waals surface area contributed by atoms with Gasteiger partial charge in [0.1, 0.15) is 11.2 Å². The average molecular weight is 838 g/mol. The highest BCUT2D eigenvalue weighted by Gasteiger charge is 2.20. The van der Waals surface area contributed by atoms with Crippen LogP contribution in [0.1, 0.15) is 0 Å². The first-order chi connectivity index (χ1) is 32.7. The Balaban J connectivity index is 0.978. The van der Waals surface area contributed by atoms with Gasteiger partial charge in [-0.25, -0.2) is 0 Å². The summed E-state index contributed by atoms with van der Waals surface area (Å²) in [6, 6.07) is 86.9. The van der Waals surface area contributed by atoms with E-state index < -0.39 is 0 Å². The summed E-state index contributed by atoms with van der Waals surface area (Å²) < 4.78 is 6.19. The van der Waals surface area contributed by atoms with E-state index in [9.17, 15) is 0 Å². The highest BCUT2D eigenvalue weighted by molar-refractivity contribution is 6.37. The van der Waals surface area contributed by atoms with Crippen LogP contribution < -0.4 is 4.90 Å². The molecule has 0 bridgehead atoms. The third-order valence-electron chi connectivity index (χ3n) is 14.0. The van der Waals surface area contributed by atoms with Crippen molar-refractivity contribution in [2.24, 2.45) is 0 Å². The highest BCUT2D eigenvalue weighted by Crippen LogP contribution is 2.47. The molecule has 0 amide bonds. The second-order valence-corrected chi connectivity index (χ2v) is 17.6. The molecule has 0 atom stereocenters. The normalized spacial score (nSPS) is 11.9. The molecule has 0 aliphatic carbocycles. The standard InChI is InChI=1S/C64H39NO/c1-2-9-40(10-3-1)41-19-21-42(22-20-41)43-27-32-50(33-28-43)65(51-34-29-44(30-35-51)48-31-36-60-57(38-48)53-14-4-5-18-59(53)66-60)52-37-49-26-25-47-12-7-16-55-54-15-6-11-45-23-24-46-13-8-17-56(63(46)61(45)54)58(39-52)64(49)62(47)55/h1-39H. The number of fused-ring (bicyclic) bond motifs is 5. The molecule has 0 unspecified atom stereocenters. The Bertz CT molecular complexity index is 4180. The molecule has 13 aromatic carbocycles. The molecule has 306 valence electrons. The van der Waals surface area contributed by atoms with Crippen molar-refractivity contribution in [1.82, 2.24) is 0 Å². The van der Waals surface area contributed by atoms with E-state index in [4.69, 9.17) is 4.42 Å². The molecule has 0 saturated heterocycles. The summed E-state index contributed by atoms with van der Waals surface area (Å²) in [5, 5.41) is 17.5. The van der Waals surface area contributed by atoms with Crippen LogP contribution in [0.15, 0.2) is 241 Å². The summed E-state index contributed by atoms with van der Waals surface area (Å²) in [6.45, 7) is 0. The molecule has 66 heavy (non-hydrogen) atoms. The maximum atomic E-state index is 6.19. The lowest BCUT2D eigenvalue weighted by molar-refractivity contribution is 0.669. The van der Waals surface area contributed by atoms with Crippen molar-refractivity contribution in [2.75, 3.05) is 4.90 Å². The van der Waals surface area contributed by atoms with Crippen molar-refractivity contribution in [2.45, 2.75) is 0 Å². The van der Waals surface area contributed by atoms with Crippen molar-refractivity contribution in [3.63, 3.8) is 0 Å². The predicted octanol–water partition coefficient (Wildman–Crippen LogP) is 18.4. The van der Waals surface area contributed by atoms with Gasteiger partial charge in [0.05, 0.1) is 0 Å². The van der Waals surface area contributed by atoms with Gasteiger partial charge < -0.3 is 9.32 Å². The zero-order valence-electron chi connectivity index (χ0n) is 35.9. The lowest BCUT2D eigenvalue weighted by Crippen LogP contribution is -2.10. The number of para-hydroxylation sites is 1. The minimum absolute atomic E-state index is 0.903. The molecule has 1 heterocycles. The van der Waals surface area contributed by atoms with Gasteiger partial charge in [-0.2, -0.15) is 0 Å². The van der Waals surface area contributed by atoms with Crippen LogP contribution in [0.4, 0.5) is 17.1 Å². The lowest BCUT2D eigenvalue weighted by Gasteiger charge is -2.27. The summed E-state index contributed by atoms with van der Waals surface area (Å²) in [7, 11) is 0. The molecule has 0 spiro atoms. The van der Waals surface area contributed by atoms with Gasteiger partial charge in [-0.3, -0.25) is 0 Å². The Kier molecular flexibility index (Phi) is 8.02. The van der Waals surface area contributed by atoms with Crippen LogP contribution in [-0.4, -0.2) is 0 Å². The number of hydrogen-bond acceptors (Lipinski definition) is 2. The van der Waals surface area contributed by atoms with Crippen LogP contribution >= 0.6 is 0 Å². The van der Waals surface area contributed by atoms with E-state index in [-0.39, 0.29) is 0 Å². The predicted molar refractivity (Wildman–Crippen MR) is 281 cm³/mol. The fourth-order valence-corrected chi connectivity index (χ4v) is 10.8. The van der Waals surface area contributed by atoms with Crippen LogP contribution in [0, 0.1) is 0 Å². The van der Waals surface area contributed by atoms with Gasteiger partial charge in [-0.05, 0) is 153 Å². The van der Waals surface area contributed by atoms with Crippen molar-refractivity contribution in [1.29, 1.82) is 0 Å². The third kappa shape index (κ3) is 5.68. The number of rotatable bonds is 6. The molecule has 2 nitrogen and oxygen atoms in total. The summed E-state index contributed by atoms with van der Waals surface area (Å²) in [5.74, 6) is 0. The van der Waals surface area contributed by atoms with Gasteiger partial charge in [0.25, 0.3) is 0 Å². The molecule has 0 aliphatic rings. The largest absolute Gasteiger partial charge is 0.456 e. The Morgan fingerprint density at radius 1 is 0.227 bits per heavy atom. The van der Waals surface area contributed by atoms with Crippen molar-refractivity contribution >= 4 is 104 Å². The van der Waals surface area contributed by atoms with Gasteiger partial charge in [0, 0.05) is 27.8 Å². The molecular weight excluding hydrogens is 799 g/mol. The summed E-state index contributed by atoms with van der Waals surface area (Å²) >= 11 is 0. The van der Waals surface area contributed by atoms with Crippen LogP contribution in [0.5, 0.6) is 0 Å². The first-order valence-electron chi connectivity index (χ1n) is 22.7. The number of anilines is 3. The van der Waals surface area contributed by atoms with E-state index in [1.54, 1.807) is 0 Å². The van der Waals surface area contributed by atoms with Crippen LogP contribution in [0.25, 0.3) is 120 Å². The van der Waals surface area contributed by atoms with Crippen molar-refractivity contribution in [3.05, 3.63) is 237 Å². The molecule has 0 aliphatic heterocycles. The summed E-state index contributed by atoms with van der Waals surface area (Å²) in [4.78, 5) is 2.43. The Hall–Kier alpha value is -8.72. The Morgan fingerprint density at radius 3 is 1.24 bits per heavy atom. The number of nitrogens with zero attached hydrogens (tertiary/aromatic N) is 1. The van der Waals surface area contributed by atoms with Crippen LogP contribution in [0.2, 0.25) is 0 Å². The zero-order chi connectivity index (χ0) is 43.3. The molecule has 0 N–H and O–H groups in total. The molecule has 14 aromatic rings. The molecular formula is C64H39NO. The van der Waals surface area contributed by atoms with E-state index >= 15 is 0 Å². The highest BCUT2D eigenvalue weighted by atomic mass is 16.3. The minimum atomic E-state index is 0.903. The first-order valence-corrected chi connectivity index (χ1v) is 22.7. The van der Waals surface area contributed by atoms with Crippen LogP contribution in [0.3, 0.4) is 0 Å². The molecule has 14 rings (SSSR count). The van der Waals surface area contributed by atoms with Gasteiger partial charge in [0.2, 0.25) is 0 Å². The number of benzene rings is 12. The maximum Gasteiger partial charge on any atom is 0.135 e. The Morgan fingerprint density at radius 2 is 0.652 bits per heavy atom. The topological polar surface area (TPSA) is 16.4 Å². The van der Waals surface area contributed by atoms with Crippen molar-refractivity contribution < 1.29 is 4.42 Å². The van der Waals surface area contributed by atoms with E-state index in [0.717, 1.165) is 50.1 Å². The molecule has 0 fully saturated rings. The van der Waals surface area contributed by atoms with Gasteiger partial charge >= 0.3 is 0 Å². The van der Waals surface area contributed by atoms with Crippen molar-refractivity contribution in [3.8, 4) is 33.4 Å². The van der Waals surface area contributed by atoms with Gasteiger partial charge in [-0.1, -0.05) is 182 Å². The van der Waals surface area contributed by atoms with Crippen LogP contribution in [-0.2, 0) is 0 Å². The lowest BCUT2D eigenvalue weighted by atomic mass is 9.87. The fourth-order valence-electron chi connectivity index (χ4n) is 10.8. The SMILES string of the molecule is c1ccc(-c2ccc(-c3ccc(N(c4ccc(-c5ccc6oc7ccccc7c6c5)cc4)c4cc5ccc6cccc7c8cccc9ccc%10cccc(c(c4)c5c67)c%10c98)cc3)cc2)cc1.